The smallest absolute Gasteiger partial charge is 0.312 e. The van der Waals surface area contributed by atoms with Gasteiger partial charge in [0.05, 0.1) is 0 Å². The van der Waals surface area contributed by atoms with Gasteiger partial charge >= 0.3 is 6.03 Å². The third-order valence-corrected chi connectivity index (χ3v) is 4.06. The van der Waals surface area contributed by atoms with Crippen molar-refractivity contribution in [2.75, 3.05) is 6.54 Å². The highest BCUT2D eigenvalue weighted by molar-refractivity contribution is 7.17. The van der Waals surface area contributed by atoms with Gasteiger partial charge in [-0.3, -0.25) is 0 Å². The van der Waals surface area contributed by atoms with Crippen LogP contribution in [0.15, 0.2) is 23.6 Å². The molecule has 18 heavy (non-hydrogen) atoms. The van der Waals surface area contributed by atoms with Crippen LogP contribution in [-0.4, -0.2) is 12.6 Å². The van der Waals surface area contributed by atoms with Crippen molar-refractivity contribution in [2.45, 2.75) is 26.2 Å². The number of nitrogens with one attached hydrogen (secondary N) is 1. The number of urea groups is 1. The van der Waals surface area contributed by atoms with E-state index in [2.05, 4.69) is 35.8 Å². The van der Waals surface area contributed by atoms with Gasteiger partial charge in [0.1, 0.15) is 0 Å². The van der Waals surface area contributed by atoms with Crippen LogP contribution in [0.3, 0.4) is 0 Å². The standard InChI is InChI=1S/C14H18N2OS/c1-2-10-5-6-13-12(8-10)11(9-18-13)4-3-7-16-14(15)17/h5-6,8-9H,2-4,7H2,1H3,(H3,15,16,17). The fraction of sp³-hybridized carbons (Fsp3) is 0.357. The van der Waals surface area contributed by atoms with Crippen LogP contribution in [0, 0.1) is 0 Å². The molecule has 1 aromatic carbocycles. The van der Waals surface area contributed by atoms with Gasteiger partial charge in [-0.1, -0.05) is 19.1 Å². The van der Waals surface area contributed by atoms with Crippen molar-refractivity contribution in [1.82, 2.24) is 5.32 Å². The van der Waals surface area contributed by atoms with E-state index in [0.29, 0.717) is 6.54 Å². The summed E-state index contributed by atoms with van der Waals surface area (Å²) in [6.45, 7) is 2.81. The Hall–Kier alpha value is -1.55. The molecule has 0 fully saturated rings. The molecule has 2 amide bonds. The Labute approximate surface area is 111 Å². The van der Waals surface area contributed by atoms with Gasteiger partial charge in [-0.2, -0.15) is 0 Å². The van der Waals surface area contributed by atoms with Crippen LogP contribution in [0.4, 0.5) is 4.79 Å². The number of fused-ring (bicyclic) bond motifs is 1. The lowest BCUT2D eigenvalue weighted by atomic mass is 10.1. The average Bonchev–Trinajstić information content (AvgIpc) is 2.76. The van der Waals surface area contributed by atoms with E-state index in [4.69, 9.17) is 5.73 Å². The number of carbonyl (C=O) groups excluding carboxylic acids is 1. The molecule has 0 aliphatic rings. The van der Waals surface area contributed by atoms with E-state index in [-0.39, 0.29) is 0 Å². The first kappa shape index (κ1) is 12.9. The number of aryl methyl sites for hydroxylation is 2. The molecule has 0 atom stereocenters. The Morgan fingerprint density at radius 3 is 3.00 bits per heavy atom. The van der Waals surface area contributed by atoms with Gasteiger partial charge in [0.2, 0.25) is 0 Å². The summed E-state index contributed by atoms with van der Waals surface area (Å²) in [5.74, 6) is 0. The maximum absolute atomic E-state index is 10.6. The number of hydrogen-bond acceptors (Lipinski definition) is 2. The summed E-state index contributed by atoms with van der Waals surface area (Å²) in [7, 11) is 0. The van der Waals surface area contributed by atoms with Gasteiger partial charge in [0, 0.05) is 11.2 Å². The highest BCUT2D eigenvalue weighted by Gasteiger charge is 2.04. The highest BCUT2D eigenvalue weighted by Crippen LogP contribution is 2.28. The molecule has 0 unspecified atom stereocenters. The number of hydrogen-bond donors (Lipinski definition) is 2. The molecule has 96 valence electrons. The Morgan fingerprint density at radius 2 is 2.28 bits per heavy atom. The topological polar surface area (TPSA) is 55.1 Å². The molecule has 0 aliphatic carbocycles. The molecule has 0 spiro atoms. The molecule has 0 aliphatic heterocycles. The summed E-state index contributed by atoms with van der Waals surface area (Å²) in [5.41, 5.74) is 7.78. The molecular weight excluding hydrogens is 244 g/mol. The second-order valence-electron chi connectivity index (χ2n) is 4.34. The molecule has 0 saturated heterocycles. The Morgan fingerprint density at radius 1 is 1.44 bits per heavy atom. The van der Waals surface area contributed by atoms with Crippen molar-refractivity contribution < 1.29 is 4.79 Å². The van der Waals surface area contributed by atoms with Gasteiger partial charge in [-0.15, -0.1) is 11.3 Å². The molecule has 3 nitrogen and oxygen atoms in total. The number of primary amides is 1. The molecule has 1 heterocycles. The first-order chi connectivity index (χ1) is 8.70. The predicted octanol–water partition coefficient (Wildman–Crippen LogP) is 3.06. The van der Waals surface area contributed by atoms with Crippen LogP contribution in [0.2, 0.25) is 0 Å². The summed E-state index contributed by atoms with van der Waals surface area (Å²) in [5, 5.41) is 6.20. The maximum atomic E-state index is 10.6. The molecule has 0 saturated carbocycles. The fourth-order valence-corrected chi connectivity index (χ4v) is 3.01. The number of nitrogens with two attached hydrogens (primary N) is 1. The van der Waals surface area contributed by atoms with Crippen LogP contribution >= 0.6 is 11.3 Å². The van der Waals surface area contributed by atoms with Crippen molar-refractivity contribution in [3.8, 4) is 0 Å². The summed E-state index contributed by atoms with van der Waals surface area (Å²) in [6, 6.07) is 6.22. The number of benzene rings is 1. The lowest BCUT2D eigenvalue weighted by molar-refractivity contribution is 0.249. The molecule has 4 heteroatoms. The van der Waals surface area contributed by atoms with Crippen molar-refractivity contribution in [3.63, 3.8) is 0 Å². The Bertz CT molecular complexity index is 548. The number of thiophene rings is 1. The van der Waals surface area contributed by atoms with Crippen molar-refractivity contribution in [1.29, 1.82) is 0 Å². The first-order valence-electron chi connectivity index (χ1n) is 6.23. The fourth-order valence-electron chi connectivity index (χ4n) is 2.03. The SMILES string of the molecule is CCc1ccc2scc(CCCNC(N)=O)c2c1. The van der Waals surface area contributed by atoms with Crippen LogP contribution in [0.5, 0.6) is 0 Å². The van der Waals surface area contributed by atoms with Crippen molar-refractivity contribution >= 4 is 27.5 Å². The van der Waals surface area contributed by atoms with E-state index in [0.717, 1.165) is 19.3 Å². The van der Waals surface area contributed by atoms with Crippen LogP contribution in [0.25, 0.3) is 10.1 Å². The zero-order chi connectivity index (χ0) is 13.0. The lowest BCUT2D eigenvalue weighted by Gasteiger charge is -2.02. The second kappa shape index (κ2) is 5.87. The predicted molar refractivity (Wildman–Crippen MR) is 77.1 cm³/mol. The number of carbonyl (C=O) groups is 1. The van der Waals surface area contributed by atoms with Gasteiger partial charge in [0.15, 0.2) is 0 Å². The van der Waals surface area contributed by atoms with E-state index < -0.39 is 6.03 Å². The minimum absolute atomic E-state index is 0.446. The van der Waals surface area contributed by atoms with E-state index in [1.165, 1.54) is 21.2 Å². The molecule has 0 bridgehead atoms. The Kier molecular flexibility index (Phi) is 4.20. The minimum atomic E-state index is -0.446. The maximum Gasteiger partial charge on any atom is 0.312 e. The highest BCUT2D eigenvalue weighted by atomic mass is 32.1. The minimum Gasteiger partial charge on any atom is -0.352 e. The quantitative estimate of drug-likeness (QED) is 0.799. The zero-order valence-corrected chi connectivity index (χ0v) is 11.3. The molecular formula is C14H18N2OS. The lowest BCUT2D eigenvalue weighted by Crippen LogP contribution is -2.30. The summed E-state index contributed by atoms with van der Waals surface area (Å²) >= 11 is 1.79. The summed E-state index contributed by atoms with van der Waals surface area (Å²) < 4.78 is 1.34. The molecule has 1 aromatic heterocycles. The summed E-state index contributed by atoms with van der Waals surface area (Å²) in [4.78, 5) is 10.6. The third-order valence-electron chi connectivity index (χ3n) is 3.05. The van der Waals surface area contributed by atoms with E-state index in [1.54, 1.807) is 11.3 Å². The third kappa shape index (κ3) is 3.01. The second-order valence-corrected chi connectivity index (χ2v) is 5.25. The largest absolute Gasteiger partial charge is 0.352 e. The van der Waals surface area contributed by atoms with Gasteiger partial charge in [0.25, 0.3) is 0 Å². The monoisotopic (exact) mass is 262 g/mol. The number of rotatable bonds is 5. The molecule has 2 aromatic rings. The molecule has 2 rings (SSSR count). The van der Waals surface area contributed by atoms with E-state index in [9.17, 15) is 4.79 Å². The summed E-state index contributed by atoms with van der Waals surface area (Å²) in [6.07, 6.45) is 2.97. The number of amides is 2. The van der Waals surface area contributed by atoms with E-state index in [1.807, 2.05) is 0 Å². The van der Waals surface area contributed by atoms with Crippen molar-refractivity contribution in [2.24, 2.45) is 5.73 Å². The average molecular weight is 262 g/mol. The zero-order valence-electron chi connectivity index (χ0n) is 10.5. The molecule has 0 radical (unpaired) electrons. The van der Waals surface area contributed by atoms with Crippen molar-refractivity contribution in [3.05, 3.63) is 34.7 Å². The van der Waals surface area contributed by atoms with Gasteiger partial charge in [-0.05, 0) is 47.2 Å². The van der Waals surface area contributed by atoms with Crippen LogP contribution in [-0.2, 0) is 12.8 Å². The normalized spacial score (nSPS) is 10.7. The van der Waals surface area contributed by atoms with Gasteiger partial charge < -0.3 is 11.1 Å². The first-order valence-corrected chi connectivity index (χ1v) is 7.11. The van der Waals surface area contributed by atoms with Crippen LogP contribution in [0.1, 0.15) is 24.5 Å². The van der Waals surface area contributed by atoms with Crippen LogP contribution < -0.4 is 11.1 Å². The van der Waals surface area contributed by atoms with Gasteiger partial charge in [-0.25, -0.2) is 4.79 Å². The van der Waals surface area contributed by atoms with E-state index >= 15 is 0 Å². The Balaban J connectivity index is 2.06. The molecule has 3 N–H and O–H groups in total.